The minimum absolute atomic E-state index is 0.114. The van der Waals surface area contributed by atoms with Crippen molar-refractivity contribution in [2.75, 3.05) is 39.0 Å². The van der Waals surface area contributed by atoms with Crippen LogP contribution in [0.5, 0.6) is 0 Å². The second-order valence-electron chi connectivity index (χ2n) is 8.93. The molecule has 1 saturated heterocycles. The third-order valence-electron chi connectivity index (χ3n) is 6.31. The maximum absolute atomic E-state index is 13.4. The van der Waals surface area contributed by atoms with E-state index in [4.69, 9.17) is 9.26 Å². The molecule has 1 aromatic carbocycles. The lowest BCUT2D eigenvalue weighted by molar-refractivity contribution is -0.150. The average molecular weight is 522 g/mol. The number of nitrogens with zero attached hydrogens (tertiary/aromatic N) is 2. The Labute approximate surface area is 212 Å². The lowest BCUT2D eigenvalue weighted by Gasteiger charge is -2.34. The van der Waals surface area contributed by atoms with E-state index in [9.17, 15) is 23.7 Å². The van der Waals surface area contributed by atoms with Gasteiger partial charge in [-0.3, -0.25) is 28.6 Å². The Morgan fingerprint density at radius 1 is 1.03 bits per heavy atom. The minimum Gasteiger partial charge on any atom is -0.465 e. The Balaban J connectivity index is 1.43. The molecule has 0 aromatic heterocycles. The molecule has 2 atom stereocenters. The number of amides is 3. The largest absolute Gasteiger partial charge is 0.465 e. The minimum atomic E-state index is -3.26. The molecule has 11 heteroatoms. The molecule has 0 radical (unpaired) electrons. The number of likely N-dealkylation sites (tertiary alicyclic amines) is 1. The van der Waals surface area contributed by atoms with Gasteiger partial charge in [0.25, 0.3) is 19.3 Å². The van der Waals surface area contributed by atoms with Crippen molar-refractivity contribution in [2.24, 2.45) is 0 Å². The number of rotatable bonds is 14. The first-order valence-corrected chi connectivity index (χ1v) is 14.5. The Morgan fingerprint density at radius 3 is 2.33 bits per heavy atom. The van der Waals surface area contributed by atoms with Gasteiger partial charge in [0.15, 0.2) is 0 Å². The molecule has 0 bridgehead atoms. The highest BCUT2D eigenvalue weighted by Crippen LogP contribution is 2.44. The van der Waals surface area contributed by atoms with E-state index in [-0.39, 0.29) is 43.6 Å². The summed E-state index contributed by atoms with van der Waals surface area (Å²) < 4.78 is 23.9. The van der Waals surface area contributed by atoms with Gasteiger partial charge < -0.3 is 14.2 Å². The molecule has 2 heterocycles. The zero-order valence-electron chi connectivity index (χ0n) is 21.1. The van der Waals surface area contributed by atoms with Gasteiger partial charge in [-0.1, -0.05) is 25.0 Å². The maximum Gasteiger partial charge on any atom is 0.325 e. The van der Waals surface area contributed by atoms with E-state index in [2.05, 4.69) is 5.09 Å². The van der Waals surface area contributed by atoms with Crippen LogP contribution in [0.1, 0.15) is 73.1 Å². The van der Waals surface area contributed by atoms with Gasteiger partial charge in [-0.2, -0.15) is 0 Å². The van der Waals surface area contributed by atoms with Crippen molar-refractivity contribution in [1.82, 2.24) is 14.9 Å². The van der Waals surface area contributed by atoms with Gasteiger partial charge in [-0.15, -0.1) is 0 Å². The van der Waals surface area contributed by atoms with Gasteiger partial charge in [0.1, 0.15) is 6.54 Å². The number of fused-ring (bicyclic) bond motifs is 1. The highest BCUT2D eigenvalue weighted by Gasteiger charge is 2.36. The topological polar surface area (TPSA) is 122 Å². The van der Waals surface area contributed by atoms with E-state index in [1.54, 1.807) is 38.1 Å². The predicted octanol–water partition coefficient (Wildman–Crippen LogP) is 3.22. The first kappa shape index (κ1) is 28.0. The smallest absolute Gasteiger partial charge is 0.325 e. The van der Waals surface area contributed by atoms with Crippen molar-refractivity contribution in [3.8, 4) is 0 Å². The van der Waals surface area contributed by atoms with E-state index >= 15 is 0 Å². The van der Waals surface area contributed by atoms with Crippen molar-refractivity contribution in [1.29, 1.82) is 0 Å². The van der Waals surface area contributed by atoms with Crippen LogP contribution in [0.3, 0.4) is 0 Å². The van der Waals surface area contributed by atoms with Gasteiger partial charge in [0.2, 0.25) is 5.91 Å². The maximum atomic E-state index is 13.4. The summed E-state index contributed by atoms with van der Waals surface area (Å²) in [5, 5.41) is 2.97. The lowest BCUT2D eigenvalue weighted by Crippen LogP contribution is -2.51. The van der Waals surface area contributed by atoms with Crippen LogP contribution in [0.25, 0.3) is 0 Å². The zero-order valence-corrected chi connectivity index (χ0v) is 22.0. The summed E-state index contributed by atoms with van der Waals surface area (Å²) in [4.78, 5) is 52.3. The second-order valence-corrected chi connectivity index (χ2v) is 11.2. The van der Waals surface area contributed by atoms with Crippen LogP contribution in [0.4, 0.5) is 0 Å². The number of carbonyl (C=O) groups excluding carboxylic acids is 4. The molecule has 3 amide bonds. The summed E-state index contributed by atoms with van der Waals surface area (Å²) in [6.07, 6.45) is 4.25. The first-order valence-electron chi connectivity index (χ1n) is 12.7. The number of unbranched alkanes of at least 4 members (excludes halogenated alkanes) is 3. The average Bonchev–Trinajstić information content (AvgIpc) is 3.09. The lowest BCUT2D eigenvalue weighted by atomic mass is 10.1. The van der Waals surface area contributed by atoms with Crippen LogP contribution in [-0.2, 0) is 23.4 Å². The number of ether oxygens (including phenoxy) is 1. The molecular weight excluding hydrogens is 485 g/mol. The van der Waals surface area contributed by atoms with Crippen molar-refractivity contribution >= 4 is 31.2 Å². The molecule has 0 spiro atoms. The molecule has 1 aromatic rings. The quantitative estimate of drug-likeness (QED) is 0.171. The van der Waals surface area contributed by atoms with Crippen LogP contribution in [0.2, 0.25) is 0 Å². The molecule has 36 heavy (non-hydrogen) atoms. The number of esters is 1. The molecule has 2 aliphatic heterocycles. The number of carbonyl (C=O) groups is 4. The molecule has 0 aliphatic carbocycles. The Kier molecular flexibility index (Phi) is 10.2. The van der Waals surface area contributed by atoms with E-state index in [0.717, 1.165) is 12.8 Å². The van der Waals surface area contributed by atoms with Gasteiger partial charge in [0.05, 0.1) is 30.4 Å². The predicted molar refractivity (Wildman–Crippen MR) is 134 cm³/mol. The number of imide groups is 1. The van der Waals surface area contributed by atoms with Crippen LogP contribution >= 0.6 is 7.52 Å². The van der Waals surface area contributed by atoms with E-state index < -0.39 is 19.5 Å². The Hall–Kier alpha value is -2.55. The molecule has 1 unspecified atom stereocenters. The fourth-order valence-electron chi connectivity index (χ4n) is 4.58. The molecule has 10 nitrogen and oxygen atoms in total. The van der Waals surface area contributed by atoms with Crippen molar-refractivity contribution < 1.29 is 33.0 Å². The normalized spacial score (nSPS) is 19.4. The third-order valence-corrected chi connectivity index (χ3v) is 8.59. The van der Waals surface area contributed by atoms with E-state index in [1.165, 1.54) is 9.80 Å². The van der Waals surface area contributed by atoms with Crippen molar-refractivity contribution in [3.05, 3.63) is 35.4 Å². The summed E-state index contributed by atoms with van der Waals surface area (Å²) in [6, 6.07) is 6.16. The Morgan fingerprint density at radius 2 is 1.69 bits per heavy atom. The summed E-state index contributed by atoms with van der Waals surface area (Å²) in [5.41, 5.74) is 0.897. The monoisotopic (exact) mass is 521 g/mol. The van der Waals surface area contributed by atoms with Gasteiger partial charge in [-0.25, -0.2) is 5.09 Å². The number of hydrogen-bond donors (Lipinski definition) is 1. The summed E-state index contributed by atoms with van der Waals surface area (Å²) in [7, 11) is -3.26. The SMILES string of the molecule is CCOC(=O)CN1CCC[C@H](NP(=O)(CCCCCCN2C(=O)c3ccccc3C2=O)OCC)C1=O. The van der Waals surface area contributed by atoms with Crippen LogP contribution in [0, 0.1) is 0 Å². The summed E-state index contributed by atoms with van der Waals surface area (Å²) >= 11 is 0. The summed E-state index contributed by atoms with van der Waals surface area (Å²) in [6.45, 7) is 4.66. The van der Waals surface area contributed by atoms with Crippen molar-refractivity contribution in [2.45, 2.75) is 58.4 Å². The molecule has 1 N–H and O–H groups in total. The van der Waals surface area contributed by atoms with Crippen LogP contribution < -0.4 is 5.09 Å². The van der Waals surface area contributed by atoms with Crippen LogP contribution in [0.15, 0.2) is 24.3 Å². The van der Waals surface area contributed by atoms with Gasteiger partial charge in [-0.05, 0) is 51.7 Å². The highest BCUT2D eigenvalue weighted by molar-refractivity contribution is 7.56. The fraction of sp³-hybridized carbons (Fsp3) is 0.600. The molecular formula is C25H36N3O7P. The second kappa shape index (κ2) is 13.1. The van der Waals surface area contributed by atoms with E-state index in [0.29, 0.717) is 49.9 Å². The number of benzene rings is 1. The van der Waals surface area contributed by atoms with E-state index in [1.807, 2.05) is 0 Å². The van der Waals surface area contributed by atoms with Crippen molar-refractivity contribution in [3.63, 3.8) is 0 Å². The zero-order chi connectivity index (χ0) is 26.1. The highest BCUT2D eigenvalue weighted by atomic mass is 31.2. The molecule has 2 aliphatic rings. The molecule has 3 rings (SSSR count). The van der Waals surface area contributed by atoms with Gasteiger partial charge in [0, 0.05) is 19.3 Å². The first-order chi connectivity index (χ1) is 17.3. The third kappa shape index (κ3) is 7.02. The fourth-order valence-corrected chi connectivity index (χ4v) is 6.68. The van der Waals surface area contributed by atoms with Crippen LogP contribution in [-0.4, -0.2) is 78.5 Å². The summed E-state index contributed by atoms with van der Waals surface area (Å²) in [5.74, 6) is -1.24. The number of hydrogen-bond acceptors (Lipinski definition) is 7. The number of nitrogens with one attached hydrogen (secondary N) is 1. The molecule has 0 saturated carbocycles. The number of piperidine rings is 1. The molecule has 198 valence electrons. The van der Waals surface area contributed by atoms with Gasteiger partial charge >= 0.3 is 5.97 Å². The Bertz CT molecular complexity index is 980. The standard InChI is InChI=1S/C25H36N3O7P/c1-3-34-22(29)18-27-15-11-14-21(25(27)32)26-36(33,35-4-2)17-10-6-5-9-16-28-23(30)19-12-7-8-13-20(19)24(28)31/h7-8,12-13,21H,3-6,9-11,14-18H2,1-2H3,(H,26,33)/t21-,36?/m0/s1. The molecule has 1 fully saturated rings.